The third-order valence-electron chi connectivity index (χ3n) is 5.46. The van der Waals surface area contributed by atoms with E-state index in [4.69, 9.17) is 9.47 Å². The van der Waals surface area contributed by atoms with Crippen LogP contribution < -0.4 is 9.47 Å². The van der Waals surface area contributed by atoms with Gasteiger partial charge in [-0.25, -0.2) is 0 Å². The van der Waals surface area contributed by atoms with Crippen LogP contribution in [0.15, 0.2) is 48.5 Å². The summed E-state index contributed by atoms with van der Waals surface area (Å²) in [5, 5.41) is 0. The average Bonchev–Trinajstić information content (AvgIpc) is 3.20. The van der Waals surface area contributed by atoms with Crippen molar-refractivity contribution in [2.24, 2.45) is 0 Å². The molecule has 0 radical (unpaired) electrons. The minimum absolute atomic E-state index is 0.0611. The molecule has 0 aromatic heterocycles. The van der Waals surface area contributed by atoms with Crippen LogP contribution in [0, 0.1) is 0 Å². The summed E-state index contributed by atoms with van der Waals surface area (Å²) >= 11 is 0. The van der Waals surface area contributed by atoms with E-state index >= 15 is 0 Å². The van der Waals surface area contributed by atoms with Crippen molar-refractivity contribution in [3.8, 4) is 11.5 Å². The number of rotatable bonds is 4. The smallest absolute Gasteiger partial charge is 0.231 e. The third-order valence-corrected chi connectivity index (χ3v) is 5.46. The maximum atomic E-state index is 13.0. The SMILES string of the molecule is CC(=O)N1CCN(C(=O)C[C@@H](c2ccccc2)c2ccc3c(c2)OCO3)CC1. The largest absolute Gasteiger partial charge is 0.454 e. The number of carbonyl (C=O) groups is 2. The fourth-order valence-corrected chi connectivity index (χ4v) is 3.82. The van der Waals surface area contributed by atoms with E-state index in [-0.39, 0.29) is 24.5 Å². The van der Waals surface area contributed by atoms with E-state index < -0.39 is 0 Å². The third kappa shape index (κ3) is 3.81. The second-order valence-corrected chi connectivity index (χ2v) is 7.17. The summed E-state index contributed by atoms with van der Waals surface area (Å²) in [6.07, 6.45) is 0.379. The Morgan fingerprint density at radius 3 is 2.29 bits per heavy atom. The number of piperazine rings is 1. The van der Waals surface area contributed by atoms with E-state index in [1.807, 2.05) is 41.3 Å². The molecular formula is C22H24N2O4. The minimum Gasteiger partial charge on any atom is -0.454 e. The topological polar surface area (TPSA) is 59.1 Å². The van der Waals surface area contributed by atoms with Crippen LogP contribution in [0.5, 0.6) is 11.5 Å². The van der Waals surface area contributed by atoms with Crippen molar-refractivity contribution in [2.75, 3.05) is 33.0 Å². The number of nitrogens with zero attached hydrogens (tertiary/aromatic N) is 2. The van der Waals surface area contributed by atoms with Gasteiger partial charge in [-0.2, -0.15) is 0 Å². The number of benzene rings is 2. The highest BCUT2D eigenvalue weighted by molar-refractivity contribution is 5.79. The van der Waals surface area contributed by atoms with Crippen LogP contribution in [-0.2, 0) is 9.59 Å². The first-order valence-electron chi connectivity index (χ1n) is 9.59. The molecule has 6 heteroatoms. The van der Waals surface area contributed by atoms with Gasteiger partial charge in [0.1, 0.15) is 0 Å². The summed E-state index contributed by atoms with van der Waals surface area (Å²) in [7, 11) is 0. The summed E-state index contributed by atoms with van der Waals surface area (Å²) in [6.45, 7) is 4.17. The zero-order valence-corrected chi connectivity index (χ0v) is 16.0. The second-order valence-electron chi connectivity index (χ2n) is 7.17. The van der Waals surface area contributed by atoms with Crippen molar-refractivity contribution in [3.05, 3.63) is 59.7 Å². The summed E-state index contributed by atoms with van der Waals surface area (Å²) in [6, 6.07) is 15.9. The second kappa shape index (κ2) is 7.92. The van der Waals surface area contributed by atoms with Crippen LogP contribution in [0.25, 0.3) is 0 Å². The van der Waals surface area contributed by atoms with Gasteiger partial charge in [0.2, 0.25) is 18.6 Å². The molecule has 1 atom stereocenters. The highest BCUT2D eigenvalue weighted by Gasteiger charge is 2.27. The molecule has 2 aromatic rings. The average molecular weight is 380 g/mol. The van der Waals surface area contributed by atoms with Crippen LogP contribution >= 0.6 is 0 Å². The monoisotopic (exact) mass is 380 g/mol. The molecule has 1 saturated heterocycles. The lowest BCUT2D eigenvalue weighted by Gasteiger charge is -2.35. The molecular weight excluding hydrogens is 356 g/mol. The van der Waals surface area contributed by atoms with Crippen molar-refractivity contribution >= 4 is 11.8 Å². The Kier molecular flexibility index (Phi) is 5.19. The standard InChI is InChI=1S/C22H24N2O4/c1-16(25)23-9-11-24(12-10-23)22(26)14-19(17-5-3-2-4-6-17)18-7-8-20-21(13-18)28-15-27-20/h2-8,13,19H,9-12,14-15H2,1H3/t19-/m0/s1. The number of ether oxygens (including phenoxy) is 2. The lowest BCUT2D eigenvalue weighted by molar-refractivity contribution is -0.138. The van der Waals surface area contributed by atoms with Crippen molar-refractivity contribution in [1.82, 2.24) is 9.80 Å². The van der Waals surface area contributed by atoms with Crippen LogP contribution in [0.3, 0.4) is 0 Å². The predicted molar refractivity (Wildman–Crippen MR) is 104 cm³/mol. The molecule has 146 valence electrons. The van der Waals surface area contributed by atoms with Gasteiger partial charge in [-0.1, -0.05) is 36.4 Å². The quantitative estimate of drug-likeness (QED) is 0.818. The van der Waals surface area contributed by atoms with E-state index in [1.54, 1.807) is 11.8 Å². The molecule has 2 aromatic carbocycles. The highest BCUT2D eigenvalue weighted by atomic mass is 16.7. The van der Waals surface area contributed by atoms with Crippen molar-refractivity contribution < 1.29 is 19.1 Å². The summed E-state index contributed by atoms with van der Waals surface area (Å²) in [4.78, 5) is 28.2. The lowest BCUT2D eigenvalue weighted by atomic mass is 9.88. The van der Waals surface area contributed by atoms with Gasteiger partial charge in [0.15, 0.2) is 11.5 Å². The van der Waals surface area contributed by atoms with Gasteiger partial charge in [-0.15, -0.1) is 0 Å². The maximum Gasteiger partial charge on any atom is 0.231 e. The molecule has 0 saturated carbocycles. The van der Waals surface area contributed by atoms with Crippen LogP contribution in [0.2, 0.25) is 0 Å². The molecule has 28 heavy (non-hydrogen) atoms. The summed E-state index contributed by atoms with van der Waals surface area (Å²) in [5.41, 5.74) is 2.13. The normalized spacial score (nSPS) is 16.8. The zero-order chi connectivity index (χ0) is 19.5. The van der Waals surface area contributed by atoms with Crippen LogP contribution in [-0.4, -0.2) is 54.6 Å². The Bertz CT molecular complexity index is 860. The van der Waals surface area contributed by atoms with E-state index in [0.717, 1.165) is 22.6 Å². The Hall–Kier alpha value is -3.02. The van der Waals surface area contributed by atoms with E-state index in [0.29, 0.717) is 32.6 Å². The molecule has 2 heterocycles. The van der Waals surface area contributed by atoms with Gasteiger partial charge < -0.3 is 19.3 Å². The Morgan fingerprint density at radius 2 is 1.57 bits per heavy atom. The van der Waals surface area contributed by atoms with Crippen molar-refractivity contribution in [2.45, 2.75) is 19.3 Å². The van der Waals surface area contributed by atoms with Gasteiger partial charge in [-0.05, 0) is 23.3 Å². The number of hydrogen-bond donors (Lipinski definition) is 0. The van der Waals surface area contributed by atoms with Gasteiger partial charge in [-0.3, -0.25) is 9.59 Å². The fraction of sp³-hybridized carbons (Fsp3) is 0.364. The van der Waals surface area contributed by atoms with E-state index in [2.05, 4.69) is 12.1 Å². The first-order valence-corrected chi connectivity index (χ1v) is 9.59. The number of hydrogen-bond acceptors (Lipinski definition) is 4. The molecule has 2 aliphatic heterocycles. The van der Waals surface area contributed by atoms with Gasteiger partial charge in [0.05, 0.1) is 0 Å². The molecule has 0 unspecified atom stereocenters. The maximum absolute atomic E-state index is 13.0. The van der Waals surface area contributed by atoms with Gasteiger partial charge in [0, 0.05) is 45.4 Å². The van der Waals surface area contributed by atoms with Crippen LogP contribution in [0.4, 0.5) is 0 Å². The molecule has 2 aliphatic rings. The van der Waals surface area contributed by atoms with Gasteiger partial charge in [0.25, 0.3) is 0 Å². The number of fused-ring (bicyclic) bond motifs is 1. The number of carbonyl (C=O) groups excluding carboxylic acids is 2. The Labute approximate surface area is 164 Å². The molecule has 0 spiro atoms. The molecule has 0 aliphatic carbocycles. The van der Waals surface area contributed by atoms with Gasteiger partial charge >= 0.3 is 0 Å². The molecule has 4 rings (SSSR count). The zero-order valence-electron chi connectivity index (χ0n) is 16.0. The number of amides is 2. The van der Waals surface area contributed by atoms with Crippen molar-refractivity contribution in [1.29, 1.82) is 0 Å². The molecule has 1 fully saturated rings. The van der Waals surface area contributed by atoms with Crippen molar-refractivity contribution in [3.63, 3.8) is 0 Å². The predicted octanol–water partition coefficient (Wildman–Crippen LogP) is 2.63. The Morgan fingerprint density at radius 1 is 0.893 bits per heavy atom. The summed E-state index contributed by atoms with van der Waals surface area (Å²) in [5.74, 6) is 1.57. The summed E-state index contributed by atoms with van der Waals surface area (Å²) < 4.78 is 10.9. The first-order chi connectivity index (χ1) is 13.6. The van der Waals surface area contributed by atoms with Crippen LogP contribution in [0.1, 0.15) is 30.4 Å². The van der Waals surface area contributed by atoms with E-state index in [9.17, 15) is 9.59 Å². The molecule has 0 N–H and O–H groups in total. The fourth-order valence-electron chi connectivity index (χ4n) is 3.82. The minimum atomic E-state index is -0.0611. The molecule has 2 amide bonds. The first kappa shape index (κ1) is 18.3. The lowest BCUT2D eigenvalue weighted by Crippen LogP contribution is -2.50. The van der Waals surface area contributed by atoms with E-state index in [1.165, 1.54) is 0 Å². The molecule has 0 bridgehead atoms. The highest BCUT2D eigenvalue weighted by Crippen LogP contribution is 2.37. The molecule has 6 nitrogen and oxygen atoms in total. The Balaban J connectivity index is 1.53.